The molecular formula is C24H22ClN3O3S. The van der Waals surface area contributed by atoms with Crippen LogP contribution in [0.4, 0.5) is 0 Å². The van der Waals surface area contributed by atoms with Crippen LogP contribution in [0.5, 0.6) is 5.75 Å². The first-order chi connectivity index (χ1) is 15.5. The molecule has 3 aromatic rings. The van der Waals surface area contributed by atoms with Gasteiger partial charge >= 0.3 is 0 Å². The molecule has 6 nitrogen and oxygen atoms in total. The molecule has 0 saturated carbocycles. The van der Waals surface area contributed by atoms with Gasteiger partial charge in [0.15, 0.2) is 0 Å². The molecule has 1 aliphatic heterocycles. The van der Waals surface area contributed by atoms with E-state index in [4.69, 9.17) is 16.3 Å². The van der Waals surface area contributed by atoms with Gasteiger partial charge in [-0.2, -0.15) is 5.10 Å². The lowest BCUT2D eigenvalue weighted by molar-refractivity contribution is -0.133. The number of carbonyl (C=O) groups excluding carboxylic acids is 2. The van der Waals surface area contributed by atoms with E-state index in [1.807, 2.05) is 41.8 Å². The van der Waals surface area contributed by atoms with Gasteiger partial charge in [0.05, 0.1) is 23.7 Å². The monoisotopic (exact) mass is 467 g/mol. The van der Waals surface area contributed by atoms with Crippen molar-refractivity contribution >= 4 is 40.5 Å². The lowest BCUT2D eigenvalue weighted by Crippen LogP contribution is -2.39. The fraction of sp³-hybridized carbons (Fsp3) is 0.208. The Balaban J connectivity index is 1.54. The molecule has 2 aromatic carbocycles. The van der Waals surface area contributed by atoms with E-state index in [1.54, 1.807) is 49.8 Å². The first-order valence-electron chi connectivity index (χ1n) is 10.0. The van der Waals surface area contributed by atoms with Crippen molar-refractivity contribution in [2.75, 3.05) is 20.7 Å². The van der Waals surface area contributed by atoms with Crippen molar-refractivity contribution in [1.29, 1.82) is 0 Å². The van der Waals surface area contributed by atoms with Crippen LogP contribution in [0.3, 0.4) is 0 Å². The predicted molar refractivity (Wildman–Crippen MR) is 126 cm³/mol. The molecule has 0 fully saturated rings. The van der Waals surface area contributed by atoms with Crippen LogP contribution < -0.4 is 4.74 Å². The number of nitrogens with zero attached hydrogens (tertiary/aromatic N) is 3. The number of hydrazone groups is 1. The maximum absolute atomic E-state index is 13.2. The van der Waals surface area contributed by atoms with Crippen molar-refractivity contribution in [1.82, 2.24) is 9.91 Å². The molecule has 1 atom stereocenters. The van der Waals surface area contributed by atoms with Gasteiger partial charge in [-0.25, -0.2) is 5.01 Å². The Hall–Kier alpha value is -3.16. The fourth-order valence-corrected chi connectivity index (χ4v) is 4.42. The summed E-state index contributed by atoms with van der Waals surface area (Å²) in [5.74, 6) is 0.171. The number of thiophene rings is 1. The molecule has 32 heavy (non-hydrogen) atoms. The second-order valence-electron chi connectivity index (χ2n) is 7.42. The van der Waals surface area contributed by atoms with E-state index in [0.717, 1.165) is 16.2 Å². The predicted octanol–water partition coefficient (Wildman–Crippen LogP) is 4.86. The summed E-state index contributed by atoms with van der Waals surface area (Å²) in [5, 5.41) is 8.76. The molecule has 0 aliphatic carbocycles. The van der Waals surface area contributed by atoms with Crippen molar-refractivity contribution in [2.24, 2.45) is 5.10 Å². The molecular weight excluding hydrogens is 446 g/mol. The molecule has 1 aliphatic rings. The van der Waals surface area contributed by atoms with Gasteiger partial charge in [-0.1, -0.05) is 29.8 Å². The maximum Gasteiger partial charge on any atom is 0.262 e. The second kappa shape index (κ2) is 9.54. The number of likely N-dealkylation sites (N-methyl/N-ethyl adjacent to an activating group) is 1. The molecule has 8 heteroatoms. The summed E-state index contributed by atoms with van der Waals surface area (Å²) in [6, 6.07) is 17.9. The van der Waals surface area contributed by atoms with Crippen LogP contribution in [0.1, 0.15) is 33.3 Å². The highest BCUT2D eigenvalue weighted by Crippen LogP contribution is 2.34. The second-order valence-corrected chi connectivity index (χ2v) is 8.81. The van der Waals surface area contributed by atoms with Gasteiger partial charge in [0.2, 0.25) is 0 Å². The summed E-state index contributed by atoms with van der Waals surface area (Å²) in [5.41, 5.74) is 2.29. The van der Waals surface area contributed by atoms with E-state index in [-0.39, 0.29) is 24.4 Å². The molecule has 1 aromatic heterocycles. The lowest BCUT2D eigenvalue weighted by Gasteiger charge is -2.25. The normalized spacial score (nSPS) is 15.4. The van der Waals surface area contributed by atoms with Crippen LogP contribution in [0, 0.1) is 0 Å². The van der Waals surface area contributed by atoms with Crippen molar-refractivity contribution in [3.8, 4) is 5.75 Å². The van der Waals surface area contributed by atoms with Crippen LogP contribution in [0.2, 0.25) is 5.02 Å². The van der Waals surface area contributed by atoms with Gasteiger partial charge in [0.1, 0.15) is 12.3 Å². The van der Waals surface area contributed by atoms with Crippen molar-refractivity contribution in [3.63, 3.8) is 0 Å². The average Bonchev–Trinajstić information content (AvgIpc) is 3.49. The first-order valence-corrected chi connectivity index (χ1v) is 11.3. The molecule has 0 spiro atoms. The minimum Gasteiger partial charge on any atom is -0.497 e. The highest BCUT2D eigenvalue weighted by atomic mass is 35.5. The van der Waals surface area contributed by atoms with E-state index >= 15 is 0 Å². The van der Waals surface area contributed by atoms with E-state index in [1.165, 1.54) is 9.91 Å². The van der Waals surface area contributed by atoms with Crippen LogP contribution >= 0.6 is 22.9 Å². The SMILES string of the molecule is COc1ccc(C(=O)N(C)CC(=O)N2N=C(c3cccs3)C[C@@H]2c2ccc(Cl)cc2)cc1. The molecule has 0 saturated heterocycles. The minimum absolute atomic E-state index is 0.0871. The molecule has 4 rings (SSSR count). The molecule has 2 heterocycles. The Morgan fingerprint density at radius 2 is 1.88 bits per heavy atom. The number of halogens is 1. The van der Waals surface area contributed by atoms with Crippen molar-refractivity contribution in [2.45, 2.75) is 12.5 Å². The van der Waals surface area contributed by atoms with Gasteiger partial charge in [0, 0.05) is 24.1 Å². The van der Waals surface area contributed by atoms with Crippen LogP contribution in [0.15, 0.2) is 71.1 Å². The van der Waals surface area contributed by atoms with E-state index < -0.39 is 0 Å². The summed E-state index contributed by atoms with van der Waals surface area (Å²) in [4.78, 5) is 28.5. The summed E-state index contributed by atoms with van der Waals surface area (Å²) in [6.07, 6.45) is 0.601. The van der Waals surface area contributed by atoms with Crippen molar-refractivity contribution in [3.05, 3.63) is 87.1 Å². The topological polar surface area (TPSA) is 62.2 Å². The number of rotatable bonds is 6. The highest BCUT2D eigenvalue weighted by Gasteiger charge is 2.34. The van der Waals surface area contributed by atoms with Crippen LogP contribution in [-0.2, 0) is 4.79 Å². The van der Waals surface area contributed by atoms with E-state index in [2.05, 4.69) is 5.10 Å². The zero-order chi connectivity index (χ0) is 22.7. The number of ether oxygens (including phenoxy) is 1. The number of benzene rings is 2. The van der Waals surface area contributed by atoms with Gasteiger partial charge in [-0.05, 0) is 53.4 Å². The molecule has 0 N–H and O–H groups in total. The van der Waals surface area contributed by atoms with Crippen LogP contribution in [-0.4, -0.2) is 48.1 Å². The molecule has 0 radical (unpaired) electrons. The molecule has 0 unspecified atom stereocenters. The summed E-state index contributed by atoms with van der Waals surface area (Å²) >= 11 is 7.64. The third kappa shape index (κ3) is 4.69. The zero-order valence-corrected chi connectivity index (χ0v) is 19.3. The minimum atomic E-state index is -0.249. The van der Waals surface area contributed by atoms with E-state index in [9.17, 15) is 9.59 Å². The Bertz CT molecular complexity index is 1130. The number of methoxy groups -OCH3 is 1. The molecule has 2 amide bonds. The number of carbonyl (C=O) groups is 2. The lowest BCUT2D eigenvalue weighted by atomic mass is 10.0. The number of amides is 2. The Labute approximate surface area is 195 Å². The van der Waals surface area contributed by atoms with Gasteiger partial charge in [-0.15, -0.1) is 11.3 Å². The Kier molecular flexibility index (Phi) is 6.58. The quantitative estimate of drug-likeness (QED) is 0.520. The summed E-state index contributed by atoms with van der Waals surface area (Å²) in [7, 11) is 3.18. The standard InChI is InChI=1S/C24H22ClN3O3S/c1-27(24(30)17-7-11-19(31-2)12-8-17)15-23(29)28-21(16-5-9-18(25)10-6-16)14-20(26-28)22-4-3-13-32-22/h3-13,21H,14-15H2,1-2H3/t21-/m1/s1. The van der Waals surface area contributed by atoms with Gasteiger partial charge < -0.3 is 9.64 Å². The molecule has 0 bridgehead atoms. The summed E-state index contributed by atoms with van der Waals surface area (Å²) < 4.78 is 5.14. The van der Waals surface area contributed by atoms with Gasteiger partial charge in [-0.3, -0.25) is 9.59 Å². The average molecular weight is 468 g/mol. The first kappa shape index (κ1) is 22.0. The third-order valence-corrected chi connectivity index (χ3v) is 6.45. The smallest absolute Gasteiger partial charge is 0.262 e. The van der Waals surface area contributed by atoms with Gasteiger partial charge in [0.25, 0.3) is 11.8 Å². The largest absolute Gasteiger partial charge is 0.497 e. The van der Waals surface area contributed by atoms with E-state index in [0.29, 0.717) is 22.8 Å². The Morgan fingerprint density at radius 3 is 2.50 bits per heavy atom. The highest BCUT2D eigenvalue weighted by molar-refractivity contribution is 7.12. The third-order valence-electron chi connectivity index (χ3n) is 5.28. The fourth-order valence-electron chi connectivity index (χ4n) is 3.58. The van der Waals surface area contributed by atoms with Crippen molar-refractivity contribution < 1.29 is 14.3 Å². The Morgan fingerprint density at radius 1 is 1.16 bits per heavy atom. The zero-order valence-electron chi connectivity index (χ0n) is 17.7. The number of hydrogen-bond donors (Lipinski definition) is 0. The summed E-state index contributed by atoms with van der Waals surface area (Å²) in [6.45, 7) is -0.0871. The maximum atomic E-state index is 13.2. The molecule has 164 valence electrons. The number of hydrogen-bond acceptors (Lipinski definition) is 5. The van der Waals surface area contributed by atoms with Crippen LogP contribution in [0.25, 0.3) is 0 Å².